The number of benzene rings is 1. The second-order valence-corrected chi connectivity index (χ2v) is 12.1. The third-order valence-corrected chi connectivity index (χ3v) is 8.14. The molecule has 1 saturated carbocycles. The molecule has 2 aromatic heterocycles. The molecule has 1 aromatic carbocycles. The van der Waals surface area contributed by atoms with Crippen LogP contribution in [0, 0.1) is 18.3 Å². The number of ether oxygens (including phenoxy) is 2. The summed E-state index contributed by atoms with van der Waals surface area (Å²) in [5.74, 6) is 2.80. The van der Waals surface area contributed by atoms with Crippen molar-refractivity contribution in [1.82, 2.24) is 24.6 Å². The summed E-state index contributed by atoms with van der Waals surface area (Å²) in [6.45, 7) is 4.85. The molecule has 5 atom stereocenters. The maximum absolute atomic E-state index is 13.8. The quantitative estimate of drug-likeness (QED) is 0.161. The number of carbonyl (C=O) groups excluding carboxylic acids is 1. The Labute approximate surface area is 238 Å². The number of aromatic nitrogens is 4. The molecule has 0 unspecified atom stereocenters. The van der Waals surface area contributed by atoms with Crippen LogP contribution in [0.5, 0.6) is 5.75 Å². The fourth-order valence-electron chi connectivity index (χ4n) is 4.42. The number of nitrogens with one attached hydrogen (secondary N) is 2. The van der Waals surface area contributed by atoms with Gasteiger partial charge in [0.1, 0.15) is 11.8 Å². The Kier molecular flexibility index (Phi) is 8.47. The van der Waals surface area contributed by atoms with Crippen LogP contribution in [0.3, 0.4) is 0 Å². The summed E-state index contributed by atoms with van der Waals surface area (Å²) in [7, 11) is -4.06. The van der Waals surface area contributed by atoms with Crippen molar-refractivity contribution in [3.63, 3.8) is 0 Å². The van der Waals surface area contributed by atoms with Crippen LogP contribution in [0.15, 0.2) is 36.7 Å². The van der Waals surface area contributed by atoms with Crippen LogP contribution in [0.4, 0.5) is 11.8 Å². The van der Waals surface area contributed by atoms with Crippen LogP contribution >= 0.6 is 7.75 Å². The number of rotatable bonds is 12. The van der Waals surface area contributed by atoms with Gasteiger partial charge in [0.2, 0.25) is 5.95 Å². The van der Waals surface area contributed by atoms with E-state index in [-0.39, 0.29) is 24.6 Å². The van der Waals surface area contributed by atoms with Gasteiger partial charge in [-0.3, -0.25) is 13.9 Å². The lowest BCUT2D eigenvalue weighted by Crippen LogP contribution is -2.36. The third kappa shape index (κ3) is 6.97. The molecule has 1 aliphatic heterocycles. The summed E-state index contributed by atoms with van der Waals surface area (Å²) >= 11 is 0. The second kappa shape index (κ2) is 12.0. The van der Waals surface area contributed by atoms with Gasteiger partial charge in [-0.25, -0.2) is 9.55 Å². The van der Waals surface area contributed by atoms with E-state index < -0.39 is 32.1 Å². The Morgan fingerprint density at radius 3 is 2.71 bits per heavy atom. The highest BCUT2D eigenvalue weighted by molar-refractivity contribution is 7.52. The number of anilines is 2. The molecule has 1 aliphatic carbocycles. The van der Waals surface area contributed by atoms with E-state index in [1.54, 1.807) is 55.1 Å². The predicted octanol–water partition coefficient (Wildman–Crippen LogP) is 3.65. The van der Waals surface area contributed by atoms with Crippen LogP contribution in [0.25, 0.3) is 11.2 Å². The van der Waals surface area contributed by atoms with E-state index in [4.69, 9.17) is 30.7 Å². The Balaban J connectivity index is 1.32. The molecule has 218 valence electrons. The van der Waals surface area contributed by atoms with Crippen molar-refractivity contribution in [2.45, 2.75) is 70.6 Å². The lowest BCUT2D eigenvalue weighted by molar-refractivity contribution is -0.149. The standard InChI is InChI=1S/C27H34N7O6P/c1-5-18-13-21(39-25(18)34-15-29-22-23(30-19-11-12-19)31-27(28)32-24(22)34)14-37-41(36,40-20-9-7-6-8-10-20)33-17(4)26(35)38-16(2)3/h1,6-10,15-19,21,25H,11-14H2,2-4H3,(H,33,36)(H3,28,30,31,32)/t17-,18-,21-,25+,41-/m0/s1. The van der Waals surface area contributed by atoms with Gasteiger partial charge in [-0.15, -0.1) is 6.42 Å². The molecule has 3 aromatic rings. The van der Waals surface area contributed by atoms with Gasteiger partial charge in [0.25, 0.3) is 0 Å². The molecule has 13 nitrogen and oxygen atoms in total. The first-order valence-electron chi connectivity index (χ1n) is 13.5. The molecule has 2 fully saturated rings. The third-order valence-electron chi connectivity index (χ3n) is 6.49. The van der Waals surface area contributed by atoms with E-state index in [0.717, 1.165) is 12.8 Å². The molecule has 5 rings (SSSR count). The van der Waals surface area contributed by atoms with E-state index in [9.17, 15) is 9.36 Å². The normalized spacial score (nSPS) is 22.7. The highest BCUT2D eigenvalue weighted by Gasteiger charge is 2.40. The zero-order valence-electron chi connectivity index (χ0n) is 23.1. The van der Waals surface area contributed by atoms with E-state index in [2.05, 4.69) is 31.3 Å². The number of nitrogen functional groups attached to an aromatic ring is 1. The van der Waals surface area contributed by atoms with Gasteiger partial charge in [0.15, 0.2) is 23.2 Å². The minimum atomic E-state index is -4.06. The highest BCUT2D eigenvalue weighted by Crippen LogP contribution is 2.46. The van der Waals surface area contributed by atoms with Crippen LogP contribution in [0.2, 0.25) is 0 Å². The van der Waals surface area contributed by atoms with Gasteiger partial charge in [0, 0.05) is 6.04 Å². The number of fused-ring (bicyclic) bond motifs is 1. The van der Waals surface area contributed by atoms with E-state index in [1.807, 2.05) is 0 Å². The largest absolute Gasteiger partial charge is 0.462 e. The number of imidazole rings is 1. The number of carbonyl (C=O) groups is 1. The van der Waals surface area contributed by atoms with Crippen molar-refractivity contribution in [1.29, 1.82) is 0 Å². The Morgan fingerprint density at radius 2 is 2.02 bits per heavy atom. The average molecular weight is 584 g/mol. The monoisotopic (exact) mass is 583 g/mol. The highest BCUT2D eigenvalue weighted by atomic mass is 31.2. The van der Waals surface area contributed by atoms with Crippen LogP contribution < -0.4 is 20.7 Å². The van der Waals surface area contributed by atoms with Gasteiger partial charge >= 0.3 is 13.7 Å². The number of nitrogens with zero attached hydrogens (tertiary/aromatic N) is 4. The first-order valence-corrected chi connectivity index (χ1v) is 15.0. The topological polar surface area (TPSA) is 165 Å². The average Bonchev–Trinajstić information content (AvgIpc) is 3.48. The predicted molar refractivity (Wildman–Crippen MR) is 152 cm³/mol. The Hall–Kier alpha value is -3.69. The fourth-order valence-corrected chi connectivity index (χ4v) is 5.94. The first-order chi connectivity index (χ1) is 19.6. The van der Waals surface area contributed by atoms with Gasteiger partial charge in [-0.2, -0.15) is 15.1 Å². The maximum atomic E-state index is 13.8. The number of esters is 1. The zero-order valence-corrected chi connectivity index (χ0v) is 24.0. The first kappa shape index (κ1) is 28.8. The van der Waals surface area contributed by atoms with E-state index in [1.165, 1.54) is 6.92 Å². The van der Waals surface area contributed by atoms with Crippen molar-refractivity contribution in [3.05, 3.63) is 36.7 Å². The number of hydrogen-bond donors (Lipinski definition) is 3. The van der Waals surface area contributed by atoms with E-state index >= 15 is 0 Å². The summed E-state index contributed by atoms with van der Waals surface area (Å²) in [5.41, 5.74) is 7.06. The van der Waals surface area contributed by atoms with Crippen molar-refractivity contribution in [2.24, 2.45) is 5.92 Å². The summed E-state index contributed by atoms with van der Waals surface area (Å²) in [4.78, 5) is 25.6. The molecule has 0 amide bonds. The molecule has 4 N–H and O–H groups in total. The van der Waals surface area contributed by atoms with Crippen molar-refractivity contribution >= 4 is 36.6 Å². The van der Waals surface area contributed by atoms with Crippen molar-refractivity contribution in [3.8, 4) is 18.1 Å². The Morgan fingerprint density at radius 1 is 1.27 bits per heavy atom. The molecule has 2 aliphatic rings. The van der Waals surface area contributed by atoms with Gasteiger partial charge in [0.05, 0.1) is 31.1 Å². The fraction of sp³-hybridized carbons (Fsp3) is 0.481. The summed E-state index contributed by atoms with van der Waals surface area (Å²) < 4.78 is 38.6. The summed E-state index contributed by atoms with van der Waals surface area (Å²) in [6, 6.07) is 7.90. The molecular formula is C27H34N7O6P. The van der Waals surface area contributed by atoms with Gasteiger partial charge in [-0.05, 0) is 52.2 Å². The maximum Gasteiger partial charge on any atom is 0.459 e. The van der Waals surface area contributed by atoms with Crippen molar-refractivity contribution in [2.75, 3.05) is 17.7 Å². The lowest BCUT2D eigenvalue weighted by atomic mass is 10.0. The minimum Gasteiger partial charge on any atom is -0.462 e. The molecule has 14 heteroatoms. The summed E-state index contributed by atoms with van der Waals surface area (Å²) in [6.07, 6.45) is 8.49. The number of nitrogens with two attached hydrogens (primary N) is 1. The van der Waals surface area contributed by atoms with Crippen LogP contribution in [0.1, 0.15) is 46.3 Å². The van der Waals surface area contributed by atoms with Crippen molar-refractivity contribution < 1.29 is 27.9 Å². The number of terminal acetylenes is 1. The van der Waals surface area contributed by atoms with Crippen LogP contribution in [-0.2, 0) is 23.4 Å². The summed E-state index contributed by atoms with van der Waals surface area (Å²) in [5, 5.41) is 6.02. The molecular weight excluding hydrogens is 549 g/mol. The Bertz CT molecular complexity index is 1470. The number of hydrogen-bond acceptors (Lipinski definition) is 11. The van der Waals surface area contributed by atoms with E-state index in [0.29, 0.717) is 35.2 Å². The smallest absolute Gasteiger partial charge is 0.459 e. The van der Waals surface area contributed by atoms with Gasteiger partial charge < -0.3 is 25.0 Å². The molecule has 0 spiro atoms. The lowest BCUT2D eigenvalue weighted by Gasteiger charge is -2.24. The van der Waals surface area contributed by atoms with Gasteiger partial charge in [-0.1, -0.05) is 24.1 Å². The second-order valence-electron chi connectivity index (χ2n) is 10.4. The molecule has 41 heavy (non-hydrogen) atoms. The minimum absolute atomic E-state index is 0.104. The SMILES string of the molecule is C#C[C@H]1C[C@@H](CO[P@@](=O)(N[C@@H](C)C(=O)OC(C)C)Oc2ccccc2)O[C@H]1n1cnc2c(NC3CC3)nc(N)nc21. The number of para-hydroxylation sites is 1. The molecule has 0 bridgehead atoms. The zero-order chi connectivity index (χ0) is 29.1. The molecule has 0 radical (unpaired) electrons. The molecule has 3 heterocycles. The van der Waals surface area contributed by atoms with Crippen LogP contribution in [-0.4, -0.2) is 56.4 Å². The molecule has 1 saturated heterocycles.